The third-order valence-corrected chi connectivity index (χ3v) is 5.26. The van der Waals surface area contributed by atoms with Crippen molar-refractivity contribution in [2.45, 2.75) is 45.6 Å². The number of carbonyl (C=O) groups excluding carboxylic acids is 1. The van der Waals surface area contributed by atoms with E-state index in [4.69, 9.17) is 4.74 Å². The van der Waals surface area contributed by atoms with Crippen molar-refractivity contribution in [3.8, 4) is 5.75 Å². The van der Waals surface area contributed by atoms with Crippen LogP contribution in [0.5, 0.6) is 5.75 Å². The van der Waals surface area contributed by atoms with Crippen LogP contribution in [0.1, 0.15) is 44.7 Å². The lowest BCUT2D eigenvalue weighted by Crippen LogP contribution is -3.11. The number of nitrogens with one attached hydrogen (secondary N) is 2. The molecule has 2 aromatic carbocycles. The van der Waals surface area contributed by atoms with Crippen LogP contribution in [0, 0.1) is 0 Å². The van der Waals surface area contributed by atoms with Crippen molar-refractivity contribution < 1.29 is 14.4 Å². The van der Waals surface area contributed by atoms with E-state index in [2.05, 4.69) is 55.6 Å². The molecule has 1 saturated heterocycles. The predicted molar refractivity (Wildman–Crippen MR) is 116 cm³/mol. The van der Waals surface area contributed by atoms with Gasteiger partial charge in [-0.25, -0.2) is 5.43 Å². The molecule has 1 heterocycles. The van der Waals surface area contributed by atoms with Crippen molar-refractivity contribution in [3.05, 3.63) is 65.7 Å². The molecule has 0 spiro atoms. The summed E-state index contributed by atoms with van der Waals surface area (Å²) in [7, 11) is 0. The molecule has 0 radical (unpaired) electrons. The maximum atomic E-state index is 12.0. The summed E-state index contributed by atoms with van der Waals surface area (Å²) in [5, 5.41) is 4.31. The summed E-state index contributed by atoms with van der Waals surface area (Å²) in [5.41, 5.74) is 6.40. The number of ether oxygens (including phenoxy) is 1. The summed E-state index contributed by atoms with van der Waals surface area (Å²) >= 11 is 0. The van der Waals surface area contributed by atoms with E-state index in [0.717, 1.165) is 38.2 Å². The minimum Gasteiger partial charge on any atom is -0.484 e. The van der Waals surface area contributed by atoms with Crippen molar-refractivity contribution in [2.24, 2.45) is 5.10 Å². The molecule has 29 heavy (non-hydrogen) atoms. The van der Waals surface area contributed by atoms with E-state index in [-0.39, 0.29) is 17.9 Å². The van der Waals surface area contributed by atoms with Gasteiger partial charge < -0.3 is 9.64 Å². The number of quaternary nitrogens is 1. The summed E-state index contributed by atoms with van der Waals surface area (Å²) in [6.07, 6.45) is 1.83. The standard InChI is InChI=1S/C24H31N3O2/c1-24(2,3)20-9-11-22(12-10-20)29-18-23(28)26-25-21-13-15-27(16-14-21)17-19-7-5-4-6-8-19/h4-12H,13-18H2,1-3H3,(H,26,28)/p+1. The number of piperidine rings is 1. The normalized spacial score (nSPS) is 16.9. The van der Waals surface area contributed by atoms with Gasteiger partial charge in [-0.2, -0.15) is 5.10 Å². The Hall–Kier alpha value is -2.66. The predicted octanol–water partition coefficient (Wildman–Crippen LogP) is 2.71. The van der Waals surface area contributed by atoms with Crippen molar-refractivity contribution in [1.29, 1.82) is 0 Å². The number of hydrogen-bond acceptors (Lipinski definition) is 3. The second-order valence-electron chi connectivity index (χ2n) is 8.69. The lowest BCUT2D eigenvalue weighted by Gasteiger charge is -2.24. The van der Waals surface area contributed by atoms with E-state index >= 15 is 0 Å². The third kappa shape index (κ3) is 6.71. The Bertz CT molecular complexity index is 813. The molecule has 0 saturated carbocycles. The molecule has 2 aromatic rings. The van der Waals surface area contributed by atoms with Crippen LogP contribution in [0.15, 0.2) is 59.7 Å². The average molecular weight is 395 g/mol. The van der Waals surface area contributed by atoms with Gasteiger partial charge in [0.1, 0.15) is 12.3 Å². The van der Waals surface area contributed by atoms with Crippen LogP contribution in [0.4, 0.5) is 0 Å². The first kappa shape index (κ1) is 21.1. The molecule has 0 unspecified atom stereocenters. The summed E-state index contributed by atoms with van der Waals surface area (Å²) in [6, 6.07) is 18.5. The van der Waals surface area contributed by atoms with Crippen molar-refractivity contribution in [2.75, 3.05) is 19.7 Å². The molecule has 1 aliphatic heterocycles. The minimum atomic E-state index is -0.225. The topological polar surface area (TPSA) is 55.1 Å². The summed E-state index contributed by atoms with van der Waals surface area (Å²) in [6.45, 7) is 9.61. The van der Waals surface area contributed by atoms with E-state index in [9.17, 15) is 4.79 Å². The molecule has 0 aliphatic carbocycles. The number of likely N-dealkylation sites (tertiary alicyclic amines) is 1. The number of benzene rings is 2. The maximum Gasteiger partial charge on any atom is 0.277 e. The van der Waals surface area contributed by atoms with Crippen LogP contribution in [0.25, 0.3) is 0 Å². The molecule has 0 bridgehead atoms. The monoisotopic (exact) mass is 394 g/mol. The molecule has 0 aromatic heterocycles. The molecule has 154 valence electrons. The fourth-order valence-corrected chi connectivity index (χ4v) is 3.44. The fourth-order valence-electron chi connectivity index (χ4n) is 3.44. The minimum absolute atomic E-state index is 0.0307. The molecule has 1 fully saturated rings. The number of hydrazone groups is 1. The zero-order valence-electron chi connectivity index (χ0n) is 17.7. The highest BCUT2D eigenvalue weighted by Crippen LogP contribution is 2.24. The van der Waals surface area contributed by atoms with Gasteiger partial charge in [-0.1, -0.05) is 63.2 Å². The van der Waals surface area contributed by atoms with Crippen LogP contribution < -0.4 is 15.1 Å². The van der Waals surface area contributed by atoms with Crippen LogP contribution in [0.3, 0.4) is 0 Å². The molecule has 5 heteroatoms. The largest absolute Gasteiger partial charge is 0.484 e. The summed E-state index contributed by atoms with van der Waals surface area (Å²) in [4.78, 5) is 13.6. The van der Waals surface area contributed by atoms with Gasteiger partial charge in [0.05, 0.1) is 13.1 Å². The Morgan fingerprint density at radius 2 is 1.69 bits per heavy atom. The van der Waals surface area contributed by atoms with Crippen molar-refractivity contribution >= 4 is 11.6 Å². The number of nitrogens with zero attached hydrogens (tertiary/aromatic N) is 1. The highest BCUT2D eigenvalue weighted by Gasteiger charge is 2.19. The van der Waals surface area contributed by atoms with Gasteiger partial charge in [0, 0.05) is 24.1 Å². The molecular weight excluding hydrogens is 362 g/mol. The number of carbonyl (C=O) groups is 1. The first-order chi connectivity index (χ1) is 13.9. The number of rotatable bonds is 6. The van der Waals surface area contributed by atoms with Gasteiger partial charge in [-0.15, -0.1) is 0 Å². The van der Waals surface area contributed by atoms with E-state index in [1.165, 1.54) is 11.1 Å². The Morgan fingerprint density at radius 1 is 1.03 bits per heavy atom. The molecule has 0 atom stereocenters. The van der Waals surface area contributed by atoms with E-state index < -0.39 is 0 Å². The van der Waals surface area contributed by atoms with Gasteiger partial charge in [-0.05, 0) is 23.1 Å². The van der Waals surface area contributed by atoms with Crippen LogP contribution >= 0.6 is 0 Å². The first-order valence-electron chi connectivity index (χ1n) is 10.4. The summed E-state index contributed by atoms with van der Waals surface area (Å²) < 4.78 is 5.57. The Morgan fingerprint density at radius 3 is 2.31 bits per heavy atom. The highest BCUT2D eigenvalue weighted by atomic mass is 16.5. The zero-order valence-corrected chi connectivity index (χ0v) is 17.7. The van der Waals surface area contributed by atoms with Crippen molar-refractivity contribution in [3.63, 3.8) is 0 Å². The van der Waals surface area contributed by atoms with E-state index in [0.29, 0.717) is 5.75 Å². The van der Waals surface area contributed by atoms with Gasteiger partial charge in [0.2, 0.25) is 0 Å². The van der Waals surface area contributed by atoms with Crippen LogP contribution in [-0.4, -0.2) is 31.3 Å². The van der Waals surface area contributed by atoms with Crippen molar-refractivity contribution in [1.82, 2.24) is 5.43 Å². The van der Waals surface area contributed by atoms with Gasteiger partial charge >= 0.3 is 0 Å². The first-order valence-corrected chi connectivity index (χ1v) is 10.4. The Kier molecular flexibility index (Phi) is 7.04. The second kappa shape index (κ2) is 9.70. The molecule has 1 amide bonds. The summed E-state index contributed by atoms with van der Waals surface area (Å²) in [5.74, 6) is 0.468. The van der Waals surface area contributed by atoms with Crippen LogP contribution in [-0.2, 0) is 16.8 Å². The van der Waals surface area contributed by atoms with Gasteiger partial charge in [-0.3, -0.25) is 4.79 Å². The second-order valence-corrected chi connectivity index (χ2v) is 8.69. The smallest absolute Gasteiger partial charge is 0.277 e. The Labute approximate surface area is 173 Å². The van der Waals surface area contributed by atoms with Crippen LogP contribution in [0.2, 0.25) is 0 Å². The van der Waals surface area contributed by atoms with E-state index in [1.54, 1.807) is 4.90 Å². The molecular formula is C24H32N3O2+. The van der Waals surface area contributed by atoms with E-state index in [1.807, 2.05) is 30.3 Å². The lowest BCUT2D eigenvalue weighted by atomic mass is 9.87. The highest BCUT2D eigenvalue weighted by molar-refractivity contribution is 5.87. The quantitative estimate of drug-likeness (QED) is 0.740. The number of amides is 1. The molecule has 5 nitrogen and oxygen atoms in total. The Balaban J connectivity index is 1.38. The maximum absolute atomic E-state index is 12.0. The lowest BCUT2D eigenvalue weighted by molar-refractivity contribution is -0.914. The third-order valence-electron chi connectivity index (χ3n) is 5.26. The molecule has 1 aliphatic rings. The SMILES string of the molecule is CC(C)(C)c1ccc(OCC(=O)NN=C2CC[NH+](Cc3ccccc3)CC2)cc1. The zero-order chi connectivity index (χ0) is 20.7. The van der Waals surface area contributed by atoms with Gasteiger partial charge in [0.25, 0.3) is 5.91 Å². The fraction of sp³-hybridized carbons (Fsp3) is 0.417. The molecule has 3 rings (SSSR count). The average Bonchev–Trinajstić information content (AvgIpc) is 2.72. The molecule has 2 N–H and O–H groups in total. The number of hydrogen-bond donors (Lipinski definition) is 2. The van der Waals surface area contributed by atoms with Gasteiger partial charge in [0.15, 0.2) is 6.61 Å².